The molecule has 0 spiro atoms. The van der Waals surface area contributed by atoms with Gasteiger partial charge in [0, 0.05) is 31.7 Å². The van der Waals surface area contributed by atoms with E-state index in [-0.39, 0.29) is 0 Å². The molecular formula is C15H24N2. The third-order valence-electron chi connectivity index (χ3n) is 3.81. The van der Waals surface area contributed by atoms with E-state index in [1.54, 1.807) is 0 Å². The highest BCUT2D eigenvalue weighted by atomic mass is 15.2. The van der Waals surface area contributed by atoms with Crippen LogP contribution in [0, 0.1) is 0 Å². The Morgan fingerprint density at radius 1 is 1.18 bits per heavy atom. The SMILES string of the molecule is CCC1CN(Cc2ccccc2)C(CC)CN1. The van der Waals surface area contributed by atoms with E-state index in [9.17, 15) is 0 Å². The molecule has 1 fully saturated rings. The standard InChI is InChI=1S/C15H24N2/c1-3-14-12-17(15(4-2)10-16-14)11-13-8-6-5-7-9-13/h5-9,14-16H,3-4,10-12H2,1-2H3. The van der Waals surface area contributed by atoms with Gasteiger partial charge in [0.2, 0.25) is 0 Å². The predicted molar refractivity (Wildman–Crippen MR) is 73.0 cm³/mol. The molecular weight excluding hydrogens is 208 g/mol. The van der Waals surface area contributed by atoms with Gasteiger partial charge in [-0.25, -0.2) is 0 Å². The second-order valence-electron chi connectivity index (χ2n) is 4.99. The van der Waals surface area contributed by atoms with Gasteiger partial charge in [0.05, 0.1) is 0 Å². The average Bonchev–Trinajstić information content (AvgIpc) is 2.40. The van der Waals surface area contributed by atoms with Crippen LogP contribution in [0.1, 0.15) is 32.3 Å². The Balaban J connectivity index is 2.00. The molecule has 1 aliphatic heterocycles. The van der Waals surface area contributed by atoms with Gasteiger partial charge in [-0.05, 0) is 18.4 Å². The maximum atomic E-state index is 3.64. The van der Waals surface area contributed by atoms with Crippen molar-refractivity contribution < 1.29 is 0 Å². The van der Waals surface area contributed by atoms with Crippen molar-refractivity contribution in [2.75, 3.05) is 13.1 Å². The van der Waals surface area contributed by atoms with E-state index in [1.165, 1.54) is 24.9 Å². The van der Waals surface area contributed by atoms with Crippen molar-refractivity contribution in [3.8, 4) is 0 Å². The normalized spacial score (nSPS) is 26.0. The van der Waals surface area contributed by atoms with E-state index in [2.05, 4.69) is 54.4 Å². The van der Waals surface area contributed by atoms with Crippen molar-refractivity contribution in [3.63, 3.8) is 0 Å². The molecule has 1 aromatic carbocycles. The molecule has 2 nitrogen and oxygen atoms in total. The summed E-state index contributed by atoms with van der Waals surface area (Å²) in [5.41, 5.74) is 1.43. The molecule has 2 heteroatoms. The number of nitrogens with one attached hydrogen (secondary N) is 1. The van der Waals surface area contributed by atoms with Gasteiger partial charge >= 0.3 is 0 Å². The molecule has 1 aliphatic rings. The first-order chi connectivity index (χ1) is 8.33. The number of benzene rings is 1. The van der Waals surface area contributed by atoms with Crippen LogP contribution in [0.5, 0.6) is 0 Å². The fraction of sp³-hybridized carbons (Fsp3) is 0.600. The zero-order valence-electron chi connectivity index (χ0n) is 11.0. The van der Waals surface area contributed by atoms with E-state index in [0.29, 0.717) is 12.1 Å². The second-order valence-corrected chi connectivity index (χ2v) is 4.99. The minimum Gasteiger partial charge on any atom is -0.311 e. The first kappa shape index (κ1) is 12.6. The summed E-state index contributed by atoms with van der Waals surface area (Å²) in [5, 5.41) is 3.64. The Kier molecular flexibility index (Phi) is 4.57. The van der Waals surface area contributed by atoms with Crippen molar-refractivity contribution >= 4 is 0 Å². The Labute approximate surface area is 105 Å². The average molecular weight is 232 g/mol. The van der Waals surface area contributed by atoms with Crippen LogP contribution >= 0.6 is 0 Å². The second kappa shape index (κ2) is 6.18. The van der Waals surface area contributed by atoms with Crippen molar-refractivity contribution in [3.05, 3.63) is 35.9 Å². The summed E-state index contributed by atoms with van der Waals surface area (Å²) < 4.78 is 0. The highest BCUT2D eigenvalue weighted by Gasteiger charge is 2.25. The molecule has 0 bridgehead atoms. The molecule has 2 unspecified atom stereocenters. The summed E-state index contributed by atoms with van der Waals surface area (Å²) in [6.07, 6.45) is 2.46. The van der Waals surface area contributed by atoms with Crippen LogP contribution in [0.15, 0.2) is 30.3 Å². The van der Waals surface area contributed by atoms with Gasteiger partial charge in [0.15, 0.2) is 0 Å². The van der Waals surface area contributed by atoms with Crippen LogP contribution in [0.4, 0.5) is 0 Å². The molecule has 94 valence electrons. The van der Waals surface area contributed by atoms with Gasteiger partial charge in [-0.3, -0.25) is 4.90 Å². The molecule has 1 N–H and O–H groups in total. The van der Waals surface area contributed by atoms with E-state index in [1.807, 2.05) is 0 Å². The van der Waals surface area contributed by atoms with Crippen molar-refractivity contribution in [2.24, 2.45) is 0 Å². The van der Waals surface area contributed by atoms with Gasteiger partial charge in [0.25, 0.3) is 0 Å². The predicted octanol–water partition coefficient (Wildman–Crippen LogP) is 2.65. The van der Waals surface area contributed by atoms with E-state index < -0.39 is 0 Å². The third kappa shape index (κ3) is 3.30. The number of rotatable bonds is 4. The van der Waals surface area contributed by atoms with Crippen LogP contribution in [-0.2, 0) is 6.54 Å². The largest absolute Gasteiger partial charge is 0.311 e. The summed E-state index contributed by atoms with van der Waals surface area (Å²) in [6, 6.07) is 12.2. The Hall–Kier alpha value is -0.860. The lowest BCUT2D eigenvalue weighted by Gasteiger charge is -2.40. The first-order valence-corrected chi connectivity index (χ1v) is 6.84. The highest BCUT2D eigenvalue weighted by molar-refractivity contribution is 5.14. The smallest absolute Gasteiger partial charge is 0.0237 e. The first-order valence-electron chi connectivity index (χ1n) is 6.84. The Morgan fingerprint density at radius 3 is 2.59 bits per heavy atom. The van der Waals surface area contributed by atoms with Gasteiger partial charge in [-0.1, -0.05) is 44.2 Å². The third-order valence-corrected chi connectivity index (χ3v) is 3.81. The number of hydrogen-bond donors (Lipinski definition) is 1. The maximum absolute atomic E-state index is 3.64. The molecule has 1 saturated heterocycles. The molecule has 2 atom stereocenters. The van der Waals surface area contributed by atoms with Gasteiger partial charge in [0.1, 0.15) is 0 Å². The van der Waals surface area contributed by atoms with Gasteiger partial charge < -0.3 is 5.32 Å². The molecule has 0 amide bonds. The van der Waals surface area contributed by atoms with E-state index in [4.69, 9.17) is 0 Å². The topological polar surface area (TPSA) is 15.3 Å². The minimum atomic E-state index is 0.668. The Morgan fingerprint density at radius 2 is 1.94 bits per heavy atom. The molecule has 0 radical (unpaired) electrons. The molecule has 0 aromatic heterocycles. The summed E-state index contributed by atoms with van der Waals surface area (Å²) >= 11 is 0. The van der Waals surface area contributed by atoms with Crippen LogP contribution in [-0.4, -0.2) is 30.1 Å². The molecule has 2 rings (SSSR count). The zero-order valence-corrected chi connectivity index (χ0v) is 11.0. The Bertz CT molecular complexity index is 323. The highest BCUT2D eigenvalue weighted by Crippen LogP contribution is 2.15. The van der Waals surface area contributed by atoms with E-state index in [0.717, 1.165) is 13.1 Å². The van der Waals surface area contributed by atoms with Gasteiger partial charge in [-0.15, -0.1) is 0 Å². The van der Waals surface area contributed by atoms with Crippen LogP contribution in [0.2, 0.25) is 0 Å². The lowest BCUT2D eigenvalue weighted by Crippen LogP contribution is -2.55. The van der Waals surface area contributed by atoms with E-state index >= 15 is 0 Å². The van der Waals surface area contributed by atoms with Crippen LogP contribution < -0.4 is 5.32 Å². The fourth-order valence-electron chi connectivity index (χ4n) is 2.62. The van der Waals surface area contributed by atoms with Crippen molar-refractivity contribution in [2.45, 2.75) is 45.3 Å². The zero-order chi connectivity index (χ0) is 12.1. The number of nitrogens with zero attached hydrogens (tertiary/aromatic N) is 1. The summed E-state index contributed by atoms with van der Waals surface area (Å²) in [5.74, 6) is 0. The van der Waals surface area contributed by atoms with Crippen LogP contribution in [0.3, 0.4) is 0 Å². The molecule has 17 heavy (non-hydrogen) atoms. The molecule has 1 aromatic rings. The van der Waals surface area contributed by atoms with Crippen LogP contribution in [0.25, 0.3) is 0 Å². The summed E-state index contributed by atoms with van der Waals surface area (Å²) in [7, 11) is 0. The lowest BCUT2D eigenvalue weighted by molar-refractivity contribution is 0.117. The van der Waals surface area contributed by atoms with Crippen molar-refractivity contribution in [1.82, 2.24) is 10.2 Å². The minimum absolute atomic E-state index is 0.668. The van der Waals surface area contributed by atoms with Crippen molar-refractivity contribution in [1.29, 1.82) is 0 Å². The monoisotopic (exact) mass is 232 g/mol. The summed E-state index contributed by atoms with van der Waals surface area (Å²) in [6.45, 7) is 7.98. The quantitative estimate of drug-likeness (QED) is 0.858. The lowest BCUT2D eigenvalue weighted by atomic mass is 10.0. The van der Waals surface area contributed by atoms with Gasteiger partial charge in [-0.2, -0.15) is 0 Å². The molecule has 0 saturated carbocycles. The molecule has 1 heterocycles. The molecule has 0 aliphatic carbocycles. The number of piperazine rings is 1. The maximum Gasteiger partial charge on any atom is 0.0237 e. The fourth-order valence-corrected chi connectivity index (χ4v) is 2.62. The summed E-state index contributed by atoms with van der Waals surface area (Å²) in [4.78, 5) is 2.64. The number of hydrogen-bond acceptors (Lipinski definition) is 2.